The molecule has 4 nitrogen and oxygen atoms in total. The summed E-state index contributed by atoms with van der Waals surface area (Å²) < 4.78 is 55.6. The van der Waals surface area contributed by atoms with E-state index >= 15 is 0 Å². The lowest BCUT2D eigenvalue weighted by Gasteiger charge is -2.16. The number of amides is 1. The topological polar surface area (TPSA) is 55.4 Å². The average Bonchev–Trinajstić information content (AvgIpc) is 2.42. The quantitative estimate of drug-likeness (QED) is 0.527. The second kappa shape index (κ2) is 6.38. The third-order valence-corrected chi connectivity index (χ3v) is 2.51. The van der Waals surface area contributed by atoms with Crippen molar-refractivity contribution in [1.29, 1.82) is 0 Å². The lowest BCUT2D eigenvalue weighted by atomic mass is 10.1. The van der Waals surface area contributed by atoms with Crippen molar-refractivity contribution in [3.63, 3.8) is 0 Å². The van der Waals surface area contributed by atoms with Crippen molar-refractivity contribution in [1.82, 2.24) is 5.32 Å². The van der Waals surface area contributed by atoms with Crippen molar-refractivity contribution >= 4 is 11.9 Å². The number of hydrogen-bond acceptors (Lipinski definition) is 3. The van der Waals surface area contributed by atoms with Crippen molar-refractivity contribution in [3.05, 3.63) is 47.8 Å². The molecular formula is C13H11F4NO3. The van der Waals surface area contributed by atoms with E-state index in [1.165, 1.54) is 0 Å². The number of carbonyl (C=O) groups excluding carboxylic acids is 2. The van der Waals surface area contributed by atoms with E-state index < -0.39 is 41.0 Å². The Kier molecular flexibility index (Phi) is 5.07. The Hall–Kier alpha value is -2.38. The molecule has 0 aliphatic rings. The number of esters is 1. The van der Waals surface area contributed by atoms with Crippen LogP contribution in [0.2, 0.25) is 0 Å². The van der Waals surface area contributed by atoms with Crippen LogP contribution in [0.15, 0.2) is 30.9 Å². The highest BCUT2D eigenvalue weighted by Crippen LogP contribution is 2.32. The van der Waals surface area contributed by atoms with Crippen LogP contribution in [0.1, 0.15) is 15.9 Å². The van der Waals surface area contributed by atoms with Gasteiger partial charge in [-0.2, -0.15) is 13.2 Å². The van der Waals surface area contributed by atoms with Gasteiger partial charge in [0.05, 0.1) is 18.2 Å². The molecule has 0 heterocycles. The molecule has 8 heteroatoms. The molecule has 0 aromatic heterocycles. The Balaban J connectivity index is 3.13. The number of alkyl halides is 3. The number of methoxy groups -OCH3 is 1. The first kappa shape index (κ1) is 16.7. The zero-order chi connectivity index (χ0) is 16.2. The van der Waals surface area contributed by atoms with Gasteiger partial charge in [0.15, 0.2) is 0 Å². The summed E-state index contributed by atoms with van der Waals surface area (Å²) in [6.07, 6.45) is -3.91. The standard InChI is InChI=1S/C13H11F4NO3/c1-3-10(12(20)21-2)18-11(19)8-5-4-7(14)6-9(8)13(15,16)17/h3-6,10H,1H2,2H3,(H,18,19). The summed E-state index contributed by atoms with van der Waals surface area (Å²) in [7, 11) is 1.05. The first-order valence-electron chi connectivity index (χ1n) is 5.58. The summed E-state index contributed by atoms with van der Waals surface area (Å²) in [5, 5.41) is 2.01. The molecule has 1 aromatic rings. The molecule has 21 heavy (non-hydrogen) atoms. The average molecular weight is 305 g/mol. The highest BCUT2D eigenvalue weighted by Gasteiger charge is 2.36. The normalized spacial score (nSPS) is 12.4. The van der Waals surface area contributed by atoms with Crippen molar-refractivity contribution < 1.29 is 31.9 Å². The van der Waals surface area contributed by atoms with E-state index in [-0.39, 0.29) is 6.07 Å². The Morgan fingerprint density at radius 3 is 2.48 bits per heavy atom. The van der Waals surface area contributed by atoms with Crippen molar-refractivity contribution in [3.8, 4) is 0 Å². The predicted molar refractivity (Wildman–Crippen MR) is 64.9 cm³/mol. The van der Waals surface area contributed by atoms with Gasteiger partial charge in [0.2, 0.25) is 0 Å². The van der Waals surface area contributed by atoms with Gasteiger partial charge in [-0.3, -0.25) is 4.79 Å². The maximum Gasteiger partial charge on any atom is 0.417 e. The molecule has 1 aromatic carbocycles. The van der Waals surface area contributed by atoms with Crippen LogP contribution in [0.3, 0.4) is 0 Å². The summed E-state index contributed by atoms with van der Waals surface area (Å²) in [5.41, 5.74) is -2.24. The molecule has 0 aliphatic heterocycles. The summed E-state index contributed by atoms with van der Waals surface area (Å²) >= 11 is 0. The van der Waals surface area contributed by atoms with Crippen LogP contribution in [0, 0.1) is 5.82 Å². The largest absolute Gasteiger partial charge is 0.467 e. The highest BCUT2D eigenvalue weighted by molar-refractivity contribution is 5.98. The summed E-state index contributed by atoms with van der Waals surface area (Å²) in [5.74, 6) is -3.22. The number of halogens is 4. The molecule has 0 fully saturated rings. The van der Waals surface area contributed by atoms with Crippen LogP contribution >= 0.6 is 0 Å². The first-order chi connectivity index (χ1) is 9.70. The third-order valence-electron chi connectivity index (χ3n) is 2.51. The lowest BCUT2D eigenvalue weighted by Crippen LogP contribution is -2.40. The Morgan fingerprint density at radius 2 is 2.00 bits per heavy atom. The van der Waals surface area contributed by atoms with Crippen LogP contribution in [-0.2, 0) is 15.7 Å². The third kappa shape index (κ3) is 4.04. The van der Waals surface area contributed by atoms with Gasteiger partial charge in [-0.15, -0.1) is 6.58 Å². The second-order valence-electron chi connectivity index (χ2n) is 3.90. The van der Waals surface area contributed by atoms with Gasteiger partial charge in [-0.05, 0) is 18.2 Å². The number of benzene rings is 1. The maximum absolute atomic E-state index is 12.9. The fourth-order valence-corrected chi connectivity index (χ4v) is 1.51. The minimum absolute atomic E-state index is 0.204. The molecule has 0 bridgehead atoms. The van der Waals surface area contributed by atoms with E-state index in [0.717, 1.165) is 13.2 Å². The van der Waals surface area contributed by atoms with Gasteiger partial charge >= 0.3 is 12.1 Å². The Bertz CT molecular complexity index is 569. The predicted octanol–water partition coefficient (Wildman–Crippen LogP) is 2.30. The summed E-state index contributed by atoms with van der Waals surface area (Å²) in [4.78, 5) is 23.1. The molecule has 0 saturated carbocycles. The number of rotatable bonds is 4. The summed E-state index contributed by atoms with van der Waals surface area (Å²) in [6, 6.07) is 0.292. The van der Waals surface area contributed by atoms with Crippen molar-refractivity contribution in [2.24, 2.45) is 0 Å². The lowest BCUT2D eigenvalue weighted by molar-refractivity contribution is -0.141. The Morgan fingerprint density at radius 1 is 1.38 bits per heavy atom. The fourth-order valence-electron chi connectivity index (χ4n) is 1.51. The SMILES string of the molecule is C=CC(NC(=O)c1ccc(F)cc1C(F)(F)F)C(=O)OC. The van der Waals surface area contributed by atoms with Gasteiger partial charge < -0.3 is 10.1 Å². The van der Waals surface area contributed by atoms with E-state index in [2.05, 4.69) is 11.3 Å². The molecule has 0 spiro atoms. The number of ether oxygens (including phenoxy) is 1. The molecule has 1 atom stereocenters. The number of carbonyl (C=O) groups is 2. The van der Waals surface area contributed by atoms with Crippen LogP contribution in [0.4, 0.5) is 17.6 Å². The minimum Gasteiger partial charge on any atom is -0.467 e. The van der Waals surface area contributed by atoms with Crippen LogP contribution < -0.4 is 5.32 Å². The molecular weight excluding hydrogens is 294 g/mol. The monoisotopic (exact) mass is 305 g/mol. The van der Waals surface area contributed by atoms with Crippen LogP contribution in [0.5, 0.6) is 0 Å². The zero-order valence-electron chi connectivity index (χ0n) is 10.8. The molecule has 0 saturated heterocycles. The Labute approximate surface area is 117 Å². The van der Waals surface area contributed by atoms with E-state index in [9.17, 15) is 27.2 Å². The van der Waals surface area contributed by atoms with E-state index in [0.29, 0.717) is 12.1 Å². The first-order valence-corrected chi connectivity index (χ1v) is 5.58. The highest BCUT2D eigenvalue weighted by atomic mass is 19.4. The maximum atomic E-state index is 12.9. The van der Waals surface area contributed by atoms with E-state index in [1.807, 2.05) is 5.32 Å². The van der Waals surface area contributed by atoms with Crippen molar-refractivity contribution in [2.75, 3.05) is 7.11 Å². The fraction of sp³-hybridized carbons (Fsp3) is 0.231. The van der Waals surface area contributed by atoms with Crippen LogP contribution in [-0.4, -0.2) is 25.0 Å². The number of hydrogen-bond donors (Lipinski definition) is 1. The van der Waals surface area contributed by atoms with E-state index in [1.54, 1.807) is 0 Å². The van der Waals surface area contributed by atoms with E-state index in [4.69, 9.17) is 0 Å². The molecule has 1 N–H and O–H groups in total. The van der Waals surface area contributed by atoms with Crippen LogP contribution in [0.25, 0.3) is 0 Å². The molecule has 1 amide bonds. The smallest absolute Gasteiger partial charge is 0.417 e. The van der Waals surface area contributed by atoms with Gasteiger partial charge in [0, 0.05) is 0 Å². The van der Waals surface area contributed by atoms with Gasteiger partial charge in [0.25, 0.3) is 5.91 Å². The molecule has 0 radical (unpaired) electrons. The zero-order valence-corrected chi connectivity index (χ0v) is 10.8. The van der Waals surface area contributed by atoms with Gasteiger partial charge in [-0.1, -0.05) is 6.08 Å². The second-order valence-corrected chi connectivity index (χ2v) is 3.90. The minimum atomic E-state index is -4.91. The summed E-state index contributed by atoms with van der Waals surface area (Å²) in [6.45, 7) is 3.26. The molecule has 114 valence electrons. The van der Waals surface area contributed by atoms with Crippen molar-refractivity contribution in [2.45, 2.75) is 12.2 Å². The van der Waals surface area contributed by atoms with Gasteiger partial charge in [0.1, 0.15) is 11.9 Å². The number of nitrogens with one attached hydrogen (secondary N) is 1. The van der Waals surface area contributed by atoms with Gasteiger partial charge in [-0.25, -0.2) is 9.18 Å². The molecule has 1 rings (SSSR count). The molecule has 1 unspecified atom stereocenters. The molecule has 0 aliphatic carbocycles.